The predicted octanol–water partition coefficient (Wildman–Crippen LogP) is 6.02. The standard InChI is InChI=1S/C38H46O7/c1-19(2)30-32(41)28(21(4)39)34(43)38(45)35(44)31-33(42)29-26(17-36(31,5)18-37(30,38)6)25(13-14-27(29)40)24-12-11-23(16-24)15-22-9-7-20(3)8-10-22/h11-14,19-20,22,28,30-31,40,45H,7-10,15-18H2,1-6H3/t20?,22?,28?,30?,31?,36-,37-,38+/m1/s1. The molecule has 0 aliphatic heterocycles. The minimum atomic E-state index is -2.68. The van der Waals surface area contributed by atoms with Crippen molar-refractivity contribution in [1.29, 1.82) is 0 Å². The summed E-state index contributed by atoms with van der Waals surface area (Å²) in [6, 6.07) is 3.34. The van der Waals surface area contributed by atoms with Gasteiger partial charge in [0.15, 0.2) is 28.7 Å². The molecule has 0 heterocycles. The fourth-order valence-electron chi connectivity index (χ4n) is 10.2. The zero-order chi connectivity index (χ0) is 32.8. The lowest BCUT2D eigenvalue weighted by Gasteiger charge is -2.61. The number of benzene rings is 1. The summed E-state index contributed by atoms with van der Waals surface area (Å²) in [5.41, 5.74) is -1.20. The van der Waals surface area contributed by atoms with Gasteiger partial charge >= 0.3 is 0 Å². The highest BCUT2D eigenvalue weighted by Crippen LogP contribution is 2.64. The number of hydrogen-bond acceptors (Lipinski definition) is 7. The molecule has 0 aromatic heterocycles. The summed E-state index contributed by atoms with van der Waals surface area (Å²) in [5, 5.41) is 23.2. The number of rotatable bonds is 5. The molecule has 1 aromatic rings. The van der Waals surface area contributed by atoms with Crippen molar-refractivity contribution in [1.82, 2.24) is 0 Å². The van der Waals surface area contributed by atoms with Crippen LogP contribution in [0, 0.1) is 46.3 Å². The number of aliphatic hydroxyl groups is 1. The smallest absolute Gasteiger partial charge is 0.190 e. The molecule has 3 saturated carbocycles. The van der Waals surface area contributed by atoms with Gasteiger partial charge in [-0.25, -0.2) is 0 Å². The SMILES string of the molecule is CC(=O)C1C(=O)C(C(C)C)[C@@]2(C)C[C@@]3(C)Cc4c(C5=CC=C(CC6CCC(C)CC6)C5)ccc(O)c4C(=O)C3C(=O)[C@@]2(O)C1=O. The van der Waals surface area contributed by atoms with Crippen molar-refractivity contribution in [3.8, 4) is 5.75 Å². The Morgan fingerprint density at radius 1 is 1.00 bits per heavy atom. The van der Waals surface area contributed by atoms with E-state index >= 15 is 0 Å². The predicted molar refractivity (Wildman–Crippen MR) is 169 cm³/mol. The van der Waals surface area contributed by atoms with E-state index in [9.17, 15) is 34.2 Å². The number of hydrogen-bond donors (Lipinski definition) is 2. The summed E-state index contributed by atoms with van der Waals surface area (Å²) in [5.74, 6) is -7.20. The van der Waals surface area contributed by atoms with E-state index in [-0.39, 0.29) is 30.1 Å². The summed E-state index contributed by atoms with van der Waals surface area (Å²) < 4.78 is 0. The fourth-order valence-corrected chi connectivity index (χ4v) is 10.2. The molecule has 0 saturated heterocycles. The molecule has 5 aliphatic rings. The van der Waals surface area contributed by atoms with Crippen LogP contribution in [-0.2, 0) is 25.6 Å². The molecule has 1 aromatic carbocycles. The first-order valence-corrected chi connectivity index (χ1v) is 16.7. The first-order chi connectivity index (χ1) is 21.0. The van der Waals surface area contributed by atoms with E-state index in [0.29, 0.717) is 11.5 Å². The van der Waals surface area contributed by atoms with Gasteiger partial charge in [0.25, 0.3) is 0 Å². The van der Waals surface area contributed by atoms with Crippen LogP contribution < -0.4 is 0 Å². The highest BCUT2D eigenvalue weighted by molar-refractivity contribution is 6.32. The third kappa shape index (κ3) is 4.50. The Bertz CT molecular complexity index is 1590. The first-order valence-electron chi connectivity index (χ1n) is 16.7. The van der Waals surface area contributed by atoms with E-state index in [1.807, 2.05) is 13.0 Å². The number of carbonyl (C=O) groups is 5. The van der Waals surface area contributed by atoms with Gasteiger partial charge < -0.3 is 10.2 Å². The summed E-state index contributed by atoms with van der Waals surface area (Å²) >= 11 is 0. The second kappa shape index (κ2) is 10.7. The van der Waals surface area contributed by atoms with E-state index in [4.69, 9.17) is 0 Å². The second-order valence-electron chi connectivity index (χ2n) is 15.8. The molecule has 45 heavy (non-hydrogen) atoms. The lowest BCUT2D eigenvalue weighted by atomic mass is 9.40. The second-order valence-corrected chi connectivity index (χ2v) is 15.8. The monoisotopic (exact) mass is 614 g/mol. The van der Waals surface area contributed by atoms with Gasteiger partial charge in [-0.3, -0.25) is 24.0 Å². The van der Waals surface area contributed by atoms with Gasteiger partial charge in [0, 0.05) is 11.3 Å². The number of carbonyl (C=O) groups excluding carboxylic acids is 5. The summed E-state index contributed by atoms with van der Waals surface area (Å²) in [7, 11) is 0. The van der Waals surface area contributed by atoms with E-state index in [1.165, 1.54) is 37.3 Å². The van der Waals surface area contributed by atoms with Gasteiger partial charge in [-0.2, -0.15) is 0 Å². The van der Waals surface area contributed by atoms with E-state index < -0.39 is 63.1 Å². The third-order valence-electron chi connectivity index (χ3n) is 12.2. The van der Waals surface area contributed by atoms with Crippen LogP contribution in [0.1, 0.15) is 108 Å². The highest BCUT2D eigenvalue weighted by atomic mass is 16.3. The molecule has 0 amide bonds. The molecule has 7 heteroatoms. The van der Waals surface area contributed by atoms with Gasteiger partial charge in [0.1, 0.15) is 17.5 Å². The van der Waals surface area contributed by atoms with Gasteiger partial charge in [-0.1, -0.05) is 71.3 Å². The van der Waals surface area contributed by atoms with E-state index in [2.05, 4.69) is 19.1 Å². The van der Waals surface area contributed by atoms with Crippen molar-refractivity contribution in [2.24, 2.45) is 46.3 Å². The molecule has 6 rings (SSSR count). The molecular formula is C38H46O7. The van der Waals surface area contributed by atoms with Gasteiger partial charge in [-0.15, -0.1) is 0 Å². The van der Waals surface area contributed by atoms with Gasteiger partial charge in [-0.05, 0) is 91.4 Å². The molecule has 2 N–H and O–H groups in total. The number of allylic oxidation sites excluding steroid dienone is 4. The Morgan fingerprint density at radius 3 is 2.29 bits per heavy atom. The average Bonchev–Trinajstić information content (AvgIpc) is 3.39. The Balaban J connectivity index is 1.39. The lowest BCUT2D eigenvalue weighted by Crippen LogP contribution is -2.76. The number of ketones is 5. The number of aromatic hydroxyl groups is 1. The molecular weight excluding hydrogens is 568 g/mol. The topological polar surface area (TPSA) is 126 Å². The molecule has 5 aliphatic carbocycles. The molecule has 0 spiro atoms. The number of Topliss-reactive ketones (excluding diaryl/α,β-unsaturated/α-hetero) is 5. The van der Waals surface area contributed by atoms with Crippen molar-refractivity contribution in [2.45, 2.75) is 98.5 Å². The lowest BCUT2D eigenvalue weighted by molar-refractivity contribution is -0.205. The molecule has 0 radical (unpaired) electrons. The number of phenolic OH excluding ortho intramolecular Hbond substituents is 1. The Hall–Kier alpha value is -3.19. The van der Waals surface area contributed by atoms with Crippen LogP contribution in [0.2, 0.25) is 0 Å². The largest absolute Gasteiger partial charge is 0.507 e. The van der Waals surface area contributed by atoms with Gasteiger partial charge in [0.05, 0.1) is 11.5 Å². The van der Waals surface area contributed by atoms with Crippen LogP contribution in [0.25, 0.3) is 5.57 Å². The Morgan fingerprint density at radius 2 is 1.67 bits per heavy atom. The maximum atomic E-state index is 14.5. The van der Waals surface area contributed by atoms with E-state index in [1.54, 1.807) is 20.8 Å². The first kappa shape index (κ1) is 31.8. The Labute approximate surface area is 265 Å². The average molecular weight is 615 g/mol. The zero-order valence-corrected chi connectivity index (χ0v) is 27.4. The Kier molecular flexibility index (Phi) is 7.54. The van der Waals surface area contributed by atoms with Crippen LogP contribution in [0.4, 0.5) is 0 Å². The highest BCUT2D eigenvalue weighted by Gasteiger charge is 2.76. The summed E-state index contributed by atoms with van der Waals surface area (Å²) in [6.45, 7) is 10.5. The normalized spacial score (nSPS) is 38.0. The van der Waals surface area contributed by atoms with Crippen molar-refractivity contribution < 1.29 is 34.2 Å². The number of phenols is 1. The van der Waals surface area contributed by atoms with Crippen LogP contribution in [0.3, 0.4) is 0 Å². The van der Waals surface area contributed by atoms with Crippen molar-refractivity contribution in [2.75, 3.05) is 0 Å². The number of fused-ring (bicyclic) bond motifs is 3. The quantitative estimate of drug-likeness (QED) is 0.388. The van der Waals surface area contributed by atoms with Crippen LogP contribution in [-0.4, -0.2) is 44.7 Å². The summed E-state index contributed by atoms with van der Waals surface area (Å²) in [4.78, 5) is 69.0. The molecule has 240 valence electrons. The maximum Gasteiger partial charge on any atom is 0.190 e. The summed E-state index contributed by atoms with van der Waals surface area (Å²) in [6.07, 6.45) is 11.4. The van der Waals surface area contributed by atoms with Gasteiger partial charge in [0.2, 0.25) is 0 Å². The third-order valence-corrected chi connectivity index (χ3v) is 12.2. The van der Waals surface area contributed by atoms with Crippen LogP contribution in [0.15, 0.2) is 29.9 Å². The minimum Gasteiger partial charge on any atom is -0.507 e. The zero-order valence-electron chi connectivity index (χ0n) is 27.4. The minimum absolute atomic E-state index is 0.0563. The van der Waals surface area contributed by atoms with Crippen LogP contribution >= 0.6 is 0 Å². The van der Waals surface area contributed by atoms with Crippen molar-refractivity contribution >= 4 is 34.5 Å². The molecule has 7 nitrogen and oxygen atoms in total. The van der Waals surface area contributed by atoms with Crippen LogP contribution in [0.5, 0.6) is 5.75 Å². The fraction of sp³-hybridized carbons (Fsp3) is 0.605. The molecule has 6 atom stereocenters. The van der Waals surface area contributed by atoms with Crippen molar-refractivity contribution in [3.63, 3.8) is 0 Å². The molecule has 0 bridgehead atoms. The molecule has 3 unspecified atom stereocenters. The van der Waals surface area contributed by atoms with Crippen molar-refractivity contribution in [3.05, 3.63) is 46.5 Å². The molecule has 3 fully saturated rings. The maximum absolute atomic E-state index is 14.5. The van der Waals surface area contributed by atoms with E-state index in [0.717, 1.165) is 36.8 Å².